The van der Waals surface area contributed by atoms with Crippen LogP contribution in [0, 0.1) is 24.7 Å². The summed E-state index contributed by atoms with van der Waals surface area (Å²) in [4.78, 5) is 42.8. The summed E-state index contributed by atoms with van der Waals surface area (Å²) in [5, 5.41) is 16.5. The molecule has 8 nitrogen and oxygen atoms in total. The molecule has 2 bridgehead atoms. The first kappa shape index (κ1) is 25.9. The molecule has 3 N–H and O–H groups in total. The Hall–Kier alpha value is -2.16. The van der Waals surface area contributed by atoms with Crippen LogP contribution in [-0.2, 0) is 19.1 Å². The Morgan fingerprint density at radius 3 is 2.60 bits per heavy atom. The van der Waals surface area contributed by atoms with Crippen LogP contribution in [0.3, 0.4) is 0 Å². The van der Waals surface area contributed by atoms with Crippen molar-refractivity contribution >= 4 is 35.0 Å². The number of carbonyl (C=O) groups excluding carboxylic acids is 3. The second kappa shape index (κ2) is 9.37. The zero-order valence-corrected chi connectivity index (χ0v) is 21.8. The average Bonchev–Trinajstić information content (AvgIpc) is 3.36. The molecule has 4 rings (SSSR count). The maximum atomic E-state index is 14.1. The normalized spacial score (nSPS) is 32.2. The lowest BCUT2D eigenvalue weighted by molar-refractivity contribution is -0.149. The third kappa shape index (κ3) is 3.94. The summed E-state index contributed by atoms with van der Waals surface area (Å²) in [6.45, 7) is 9.69. The maximum absolute atomic E-state index is 14.1. The summed E-state index contributed by atoms with van der Waals surface area (Å²) in [6, 6.07) is 3.75. The topological polar surface area (TPSA) is 108 Å². The number of para-hydroxylation sites is 1. The van der Waals surface area contributed by atoms with E-state index in [1.54, 1.807) is 12.1 Å². The highest BCUT2D eigenvalue weighted by Crippen LogP contribution is 2.63. The van der Waals surface area contributed by atoms with Gasteiger partial charge >= 0.3 is 0 Å². The number of amides is 3. The Balaban J connectivity index is 1.79. The summed E-state index contributed by atoms with van der Waals surface area (Å²) in [5.74, 6) is -2.57. The molecule has 9 heteroatoms. The van der Waals surface area contributed by atoms with Gasteiger partial charge < -0.3 is 25.4 Å². The van der Waals surface area contributed by atoms with Crippen molar-refractivity contribution in [3.63, 3.8) is 0 Å². The zero-order valence-electron chi connectivity index (χ0n) is 21.1. The van der Waals surface area contributed by atoms with E-state index >= 15 is 0 Å². The van der Waals surface area contributed by atoms with Crippen molar-refractivity contribution in [3.05, 3.63) is 28.8 Å². The number of halogens is 1. The molecule has 3 saturated heterocycles. The first-order chi connectivity index (χ1) is 16.5. The molecule has 1 aromatic rings. The van der Waals surface area contributed by atoms with Crippen LogP contribution in [0.2, 0.25) is 5.02 Å². The number of fused-ring (bicyclic) bond motifs is 1. The molecule has 0 aromatic heterocycles. The Kier molecular flexibility index (Phi) is 6.94. The van der Waals surface area contributed by atoms with Crippen LogP contribution in [0.5, 0.6) is 0 Å². The van der Waals surface area contributed by atoms with Gasteiger partial charge in [0.25, 0.3) is 0 Å². The van der Waals surface area contributed by atoms with E-state index in [0.29, 0.717) is 30.1 Å². The van der Waals surface area contributed by atoms with Gasteiger partial charge in [-0.1, -0.05) is 44.5 Å². The van der Waals surface area contributed by atoms with Crippen LogP contribution in [0.15, 0.2) is 18.2 Å². The highest BCUT2D eigenvalue weighted by molar-refractivity contribution is 6.34. The Bertz CT molecular complexity index is 1010. The fourth-order valence-electron chi connectivity index (χ4n) is 6.38. The molecule has 3 aliphatic rings. The number of aliphatic hydroxyl groups excluding tert-OH is 1. The number of nitrogens with one attached hydrogen (secondary N) is 2. The minimum absolute atomic E-state index is 0.114. The van der Waals surface area contributed by atoms with Crippen molar-refractivity contribution in [3.8, 4) is 0 Å². The second-order valence-electron chi connectivity index (χ2n) is 10.7. The molecule has 6 atom stereocenters. The summed E-state index contributed by atoms with van der Waals surface area (Å²) in [6.07, 6.45) is 1.81. The van der Waals surface area contributed by atoms with Crippen LogP contribution in [0.4, 0.5) is 5.69 Å². The summed E-state index contributed by atoms with van der Waals surface area (Å²) < 4.78 is 6.59. The van der Waals surface area contributed by atoms with Gasteiger partial charge in [-0.3, -0.25) is 14.4 Å². The van der Waals surface area contributed by atoms with E-state index in [1.807, 2.05) is 40.7 Å². The van der Waals surface area contributed by atoms with Crippen LogP contribution < -0.4 is 10.6 Å². The van der Waals surface area contributed by atoms with Crippen LogP contribution >= 0.6 is 11.6 Å². The number of nitrogens with zero attached hydrogens (tertiary/aromatic N) is 1. The number of carbonyl (C=O) groups is 3. The number of hydrogen-bond donors (Lipinski definition) is 3. The molecule has 0 radical (unpaired) electrons. The van der Waals surface area contributed by atoms with Crippen LogP contribution in [0.1, 0.15) is 52.5 Å². The number of rotatable bonds is 8. The van der Waals surface area contributed by atoms with E-state index in [0.717, 1.165) is 12.0 Å². The average molecular weight is 506 g/mol. The first-order valence-corrected chi connectivity index (χ1v) is 12.9. The van der Waals surface area contributed by atoms with Gasteiger partial charge in [0.05, 0.1) is 40.8 Å². The van der Waals surface area contributed by atoms with E-state index in [4.69, 9.17) is 16.3 Å². The van der Waals surface area contributed by atoms with Gasteiger partial charge in [-0.2, -0.15) is 0 Å². The molecule has 1 spiro atoms. The molecule has 1 aromatic carbocycles. The van der Waals surface area contributed by atoms with Gasteiger partial charge in [-0.25, -0.2) is 0 Å². The summed E-state index contributed by atoms with van der Waals surface area (Å²) >= 11 is 6.39. The minimum atomic E-state index is -1.15. The van der Waals surface area contributed by atoms with Crippen LogP contribution in [-0.4, -0.2) is 64.2 Å². The second-order valence-corrected chi connectivity index (χ2v) is 11.1. The monoisotopic (exact) mass is 505 g/mol. The molecule has 35 heavy (non-hydrogen) atoms. The Morgan fingerprint density at radius 1 is 1.29 bits per heavy atom. The minimum Gasteiger partial charge on any atom is -0.394 e. The third-order valence-corrected chi connectivity index (χ3v) is 8.39. The SMILES string of the molecule is CCCNC(=O)[C@@H]1[C@H]2C(=O)N([C@@H](CO)C(C)C)C(C(=O)Nc3c(C)cccc3Cl)C23CC[C@@]1(C)O3. The van der Waals surface area contributed by atoms with E-state index < -0.39 is 41.0 Å². The number of benzene rings is 1. The van der Waals surface area contributed by atoms with Gasteiger partial charge in [0.2, 0.25) is 17.7 Å². The molecule has 3 amide bonds. The maximum Gasteiger partial charge on any atom is 0.250 e. The van der Waals surface area contributed by atoms with Gasteiger partial charge in [0.1, 0.15) is 11.6 Å². The fourth-order valence-corrected chi connectivity index (χ4v) is 6.65. The summed E-state index contributed by atoms with van der Waals surface area (Å²) in [5.41, 5.74) is -0.719. The summed E-state index contributed by atoms with van der Waals surface area (Å²) in [7, 11) is 0. The molecule has 3 heterocycles. The van der Waals surface area contributed by atoms with Gasteiger partial charge in [-0.05, 0) is 50.7 Å². The van der Waals surface area contributed by atoms with Crippen molar-refractivity contribution in [2.45, 2.75) is 77.2 Å². The van der Waals surface area contributed by atoms with Crippen molar-refractivity contribution < 1.29 is 24.2 Å². The van der Waals surface area contributed by atoms with E-state index in [-0.39, 0.29) is 24.3 Å². The predicted molar refractivity (Wildman–Crippen MR) is 133 cm³/mol. The number of hydrogen-bond acceptors (Lipinski definition) is 5. The lowest BCUT2D eigenvalue weighted by Crippen LogP contribution is -2.57. The molecule has 2 unspecified atom stereocenters. The molecular formula is C26H36ClN3O5. The number of aliphatic hydroxyl groups is 1. The number of likely N-dealkylation sites (tertiary alicyclic amines) is 1. The quantitative estimate of drug-likeness (QED) is 0.503. The standard InChI is InChI=1S/C26H36ClN3O5/c1-6-12-28-22(32)18-19-24(34)30(17(13-31)14(2)3)21(26(19)11-10-25(18,5)35-26)23(33)29-20-15(4)8-7-9-16(20)27/h7-9,14,17-19,21,31H,6,10-13H2,1-5H3,(H,28,32)(H,29,33)/t17-,18-,19-,21?,25+,26?/m0/s1. The lowest BCUT2D eigenvalue weighted by Gasteiger charge is -2.38. The van der Waals surface area contributed by atoms with E-state index in [9.17, 15) is 19.5 Å². The third-order valence-electron chi connectivity index (χ3n) is 8.08. The van der Waals surface area contributed by atoms with Crippen molar-refractivity contribution in [1.29, 1.82) is 0 Å². The zero-order chi connectivity index (χ0) is 25.7. The fraction of sp³-hybridized carbons (Fsp3) is 0.654. The molecule has 0 saturated carbocycles. The largest absolute Gasteiger partial charge is 0.394 e. The number of aryl methyl sites for hydroxylation is 1. The highest BCUT2D eigenvalue weighted by atomic mass is 35.5. The molecule has 3 aliphatic heterocycles. The Labute approximate surface area is 211 Å². The molecule has 0 aliphatic carbocycles. The van der Waals surface area contributed by atoms with Gasteiger partial charge in [-0.15, -0.1) is 0 Å². The molecule has 3 fully saturated rings. The smallest absolute Gasteiger partial charge is 0.250 e. The lowest BCUT2D eigenvalue weighted by atomic mass is 9.66. The van der Waals surface area contributed by atoms with E-state index in [2.05, 4.69) is 10.6 Å². The highest BCUT2D eigenvalue weighted by Gasteiger charge is 2.78. The number of anilines is 1. The Morgan fingerprint density at radius 2 is 2.00 bits per heavy atom. The van der Waals surface area contributed by atoms with Crippen molar-refractivity contribution in [1.82, 2.24) is 10.2 Å². The molecule has 192 valence electrons. The van der Waals surface area contributed by atoms with Crippen molar-refractivity contribution in [2.24, 2.45) is 17.8 Å². The first-order valence-electron chi connectivity index (χ1n) is 12.5. The van der Waals surface area contributed by atoms with E-state index in [1.165, 1.54) is 4.90 Å². The van der Waals surface area contributed by atoms with Crippen molar-refractivity contribution in [2.75, 3.05) is 18.5 Å². The van der Waals surface area contributed by atoms with Crippen LogP contribution in [0.25, 0.3) is 0 Å². The van der Waals surface area contributed by atoms with Gasteiger partial charge in [0, 0.05) is 6.54 Å². The number of ether oxygens (including phenoxy) is 1. The predicted octanol–water partition coefficient (Wildman–Crippen LogP) is 2.89. The van der Waals surface area contributed by atoms with Gasteiger partial charge in [0.15, 0.2) is 0 Å². The molecular weight excluding hydrogens is 470 g/mol.